The van der Waals surface area contributed by atoms with Gasteiger partial charge < -0.3 is 10.1 Å². The molecule has 1 aliphatic rings. The largest absolute Gasteiger partial charge is 0.494 e. The van der Waals surface area contributed by atoms with Crippen LogP contribution in [0.15, 0.2) is 48.5 Å². The molecule has 0 aliphatic carbocycles. The number of benzene rings is 2. The van der Waals surface area contributed by atoms with Crippen molar-refractivity contribution in [2.24, 2.45) is 0 Å². The van der Waals surface area contributed by atoms with Crippen molar-refractivity contribution in [3.8, 4) is 5.75 Å². The third-order valence-corrected chi connectivity index (χ3v) is 4.62. The van der Waals surface area contributed by atoms with Gasteiger partial charge in [0.15, 0.2) is 0 Å². The van der Waals surface area contributed by atoms with Gasteiger partial charge in [0.05, 0.1) is 13.2 Å². The Morgan fingerprint density at radius 1 is 1.12 bits per heavy atom. The molecular formula is C19H19ClN2O3. The van der Waals surface area contributed by atoms with Crippen molar-refractivity contribution in [2.45, 2.75) is 25.9 Å². The van der Waals surface area contributed by atoms with Crippen LogP contribution in [0.4, 0.5) is 4.79 Å². The monoisotopic (exact) mass is 358 g/mol. The fraction of sp³-hybridized carbons (Fsp3) is 0.263. The van der Waals surface area contributed by atoms with Gasteiger partial charge in [0.25, 0.3) is 5.91 Å². The average molecular weight is 359 g/mol. The zero-order chi connectivity index (χ0) is 18.0. The van der Waals surface area contributed by atoms with Crippen molar-refractivity contribution >= 4 is 23.5 Å². The Kier molecular flexibility index (Phi) is 4.68. The average Bonchev–Trinajstić information content (AvgIpc) is 2.81. The molecule has 1 fully saturated rings. The predicted octanol–water partition coefficient (Wildman–Crippen LogP) is 3.71. The number of carbonyl (C=O) groups is 2. The molecule has 5 nitrogen and oxygen atoms in total. The van der Waals surface area contributed by atoms with E-state index in [4.69, 9.17) is 16.3 Å². The Morgan fingerprint density at radius 3 is 2.52 bits per heavy atom. The van der Waals surface area contributed by atoms with E-state index in [1.54, 1.807) is 31.2 Å². The summed E-state index contributed by atoms with van der Waals surface area (Å²) < 4.78 is 5.58. The normalized spacial score (nSPS) is 19.9. The van der Waals surface area contributed by atoms with Crippen LogP contribution in [0.2, 0.25) is 5.02 Å². The minimum Gasteiger partial charge on any atom is -0.494 e. The highest BCUT2D eigenvalue weighted by Crippen LogP contribution is 2.34. The molecule has 1 atom stereocenters. The number of rotatable bonds is 5. The molecule has 6 heteroatoms. The second-order valence-corrected chi connectivity index (χ2v) is 6.37. The maximum Gasteiger partial charge on any atom is 0.325 e. The molecule has 1 aliphatic heterocycles. The number of hydrogen-bond donors (Lipinski definition) is 1. The summed E-state index contributed by atoms with van der Waals surface area (Å²) in [5.74, 6) is 0.328. The number of nitrogens with one attached hydrogen (secondary N) is 1. The van der Waals surface area contributed by atoms with Crippen LogP contribution in [-0.2, 0) is 16.9 Å². The molecule has 0 radical (unpaired) electrons. The Labute approximate surface area is 151 Å². The SMILES string of the molecule is CCOc1ccccc1CN1C(=O)NC(C)(c2ccccc2Cl)C1=O. The maximum atomic E-state index is 13.0. The van der Waals surface area contributed by atoms with E-state index in [0.29, 0.717) is 22.9 Å². The maximum absolute atomic E-state index is 13.0. The highest BCUT2D eigenvalue weighted by Gasteiger charge is 2.49. The fourth-order valence-corrected chi connectivity index (χ4v) is 3.32. The number of imide groups is 1. The molecule has 2 aromatic carbocycles. The molecule has 2 aromatic rings. The van der Waals surface area contributed by atoms with Gasteiger partial charge >= 0.3 is 6.03 Å². The van der Waals surface area contributed by atoms with Crippen LogP contribution in [0.5, 0.6) is 5.75 Å². The van der Waals surface area contributed by atoms with Crippen molar-refractivity contribution in [2.75, 3.05) is 6.61 Å². The summed E-state index contributed by atoms with van der Waals surface area (Å²) in [4.78, 5) is 26.7. The van der Waals surface area contributed by atoms with Crippen LogP contribution in [0.3, 0.4) is 0 Å². The first-order valence-electron chi connectivity index (χ1n) is 8.07. The highest BCUT2D eigenvalue weighted by atomic mass is 35.5. The Bertz CT molecular complexity index is 824. The number of para-hydroxylation sites is 1. The summed E-state index contributed by atoms with van der Waals surface area (Å²) >= 11 is 6.24. The summed E-state index contributed by atoms with van der Waals surface area (Å²) in [6, 6.07) is 14.0. The zero-order valence-corrected chi connectivity index (χ0v) is 14.8. The van der Waals surface area contributed by atoms with Gasteiger partial charge in [-0.2, -0.15) is 0 Å². The van der Waals surface area contributed by atoms with E-state index in [-0.39, 0.29) is 12.5 Å². The van der Waals surface area contributed by atoms with Gasteiger partial charge in [0.2, 0.25) is 0 Å². The highest BCUT2D eigenvalue weighted by molar-refractivity contribution is 6.32. The molecule has 130 valence electrons. The van der Waals surface area contributed by atoms with E-state index in [9.17, 15) is 9.59 Å². The lowest BCUT2D eigenvalue weighted by Crippen LogP contribution is -2.41. The Morgan fingerprint density at radius 2 is 1.80 bits per heavy atom. The zero-order valence-electron chi connectivity index (χ0n) is 14.1. The number of carbonyl (C=O) groups excluding carboxylic acids is 2. The van der Waals surface area contributed by atoms with Crippen LogP contribution >= 0.6 is 11.6 Å². The van der Waals surface area contributed by atoms with Gasteiger partial charge in [-0.1, -0.05) is 48.0 Å². The number of amides is 3. The van der Waals surface area contributed by atoms with Gasteiger partial charge in [-0.3, -0.25) is 9.69 Å². The van der Waals surface area contributed by atoms with Crippen molar-refractivity contribution < 1.29 is 14.3 Å². The predicted molar refractivity (Wildman–Crippen MR) is 95.5 cm³/mol. The van der Waals surface area contributed by atoms with Crippen LogP contribution in [0.1, 0.15) is 25.0 Å². The van der Waals surface area contributed by atoms with Gasteiger partial charge in [-0.05, 0) is 26.0 Å². The molecule has 1 saturated heterocycles. The summed E-state index contributed by atoms with van der Waals surface area (Å²) in [7, 11) is 0. The molecule has 0 spiro atoms. The topological polar surface area (TPSA) is 58.6 Å². The second-order valence-electron chi connectivity index (χ2n) is 5.97. The van der Waals surface area contributed by atoms with E-state index in [0.717, 1.165) is 5.56 Å². The van der Waals surface area contributed by atoms with Crippen LogP contribution in [0, 0.1) is 0 Å². The minimum absolute atomic E-state index is 0.140. The van der Waals surface area contributed by atoms with Crippen LogP contribution in [0.25, 0.3) is 0 Å². The van der Waals surface area contributed by atoms with Crippen molar-refractivity contribution in [1.29, 1.82) is 0 Å². The molecule has 3 rings (SSSR count). The molecule has 0 saturated carbocycles. The third kappa shape index (κ3) is 3.07. The quantitative estimate of drug-likeness (QED) is 0.829. The Hall–Kier alpha value is -2.53. The van der Waals surface area contributed by atoms with E-state index >= 15 is 0 Å². The Balaban J connectivity index is 1.91. The molecule has 1 unspecified atom stereocenters. The van der Waals surface area contributed by atoms with E-state index < -0.39 is 11.6 Å². The van der Waals surface area contributed by atoms with E-state index in [2.05, 4.69) is 5.32 Å². The molecule has 1 heterocycles. The van der Waals surface area contributed by atoms with E-state index in [1.807, 2.05) is 31.2 Å². The molecule has 25 heavy (non-hydrogen) atoms. The summed E-state index contributed by atoms with van der Waals surface area (Å²) in [6.07, 6.45) is 0. The molecule has 1 N–H and O–H groups in total. The standard InChI is InChI=1S/C19H19ClN2O3/c1-3-25-16-11-7-4-8-13(16)12-22-17(23)19(2,21-18(22)24)14-9-5-6-10-15(14)20/h4-11H,3,12H2,1-2H3,(H,21,24). The minimum atomic E-state index is -1.18. The first-order valence-corrected chi connectivity index (χ1v) is 8.45. The lowest BCUT2D eigenvalue weighted by atomic mass is 9.92. The third-order valence-electron chi connectivity index (χ3n) is 4.29. The summed E-state index contributed by atoms with van der Waals surface area (Å²) in [5.41, 5.74) is 0.169. The molecule has 0 aromatic heterocycles. The molecular weight excluding hydrogens is 340 g/mol. The number of hydrogen-bond acceptors (Lipinski definition) is 3. The summed E-state index contributed by atoms with van der Waals surface area (Å²) in [5, 5.41) is 3.21. The second kappa shape index (κ2) is 6.76. The summed E-state index contributed by atoms with van der Waals surface area (Å²) in [6.45, 7) is 4.21. The van der Waals surface area contributed by atoms with Crippen molar-refractivity contribution in [1.82, 2.24) is 10.2 Å². The lowest BCUT2D eigenvalue weighted by molar-refractivity contribution is -0.131. The number of halogens is 1. The number of ether oxygens (including phenoxy) is 1. The smallest absolute Gasteiger partial charge is 0.325 e. The number of nitrogens with zero attached hydrogens (tertiary/aromatic N) is 1. The van der Waals surface area contributed by atoms with E-state index in [1.165, 1.54) is 4.90 Å². The first kappa shape index (κ1) is 17.3. The van der Waals surface area contributed by atoms with Crippen molar-refractivity contribution in [3.05, 3.63) is 64.7 Å². The van der Waals surface area contributed by atoms with Crippen LogP contribution in [-0.4, -0.2) is 23.4 Å². The van der Waals surface area contributed by atoms with Crippen molar-refractivity contribution in [3.63, 3.8) is 0 Å². The lowest BCUT2D eigenvalue weighted by Gasteiger charge is -2.23. The number of urea groups is 1. The molecule has 0 bridgehead atoms. The fourth-order valence-electron chi connectivity index (χ4n) is 2.99. The van der Waals surface area contributed by atoms with Crippen LogP contribution < -0.4 is 10.1 Å². The van der Waals surface area contributed by atoms with Gasteiger partial charge in [0.1, 0.15) is 11.3 Å². The first-order chi connectivity index (χ1) is 12.0. The molecule has 3 amide bonds. The van der Waals surface area contributed by atoms with Gasteiger partial charge in [-0.25, -0.2) is 4.79 Å². The van der Waals surface area contributed by atoms with Gasteiger partial charge in [0, 0.05) is 16.1 Å². The van der Waals surface area contributed by atoms with Gasteiger partial charge in [-0.15, -0.1) is 0 Å².